The van der Waals surface area contributed by atoms with E-state index in [-0.39, 0.29) is 22.2 Å². The maximum Gasteiger partial charge on any atom is 0.339 e. The standard InChI is InChI=1S/C26H25NO5S/c1-16-12-14-17(15-13-16)33(30,31)32-23-11-3-2-6-18(23)24-25-19(7-4-9-21(25)28)27-20-8-5-10-22(29)26(20)24/h2-3,6,11-15,24,27H,4-5,7-10H2,1H3. The topological polar surface area (TPSA) is 89.5 Å². The Morgan fingerprint density at radius 1 is 0.818 bits per heavy atom. The van der Waals surface area contributed by atoms with Crippen LogP contribution in [0.15, 0.2) is 76.0 Å². The SMILES string of the molecule is Cc1ccc(S(=O)(=O)Oc2ccccc2C2C3=C(CCCC3=O)NC3=C2C(=O)CCC3)cc1. The predicted molar refractivity (Wildman–Crippen MR) is 123 cm³/mol. The van der Waals surface area contributed by atoms with Gasteiger partial charge in [0, 0.05) is 46.9 Å². The molecule has 170 valence electrons. The van der Waals surface area contributed by atoms with Crippen LogP contribution in [-0.2, 0) is 19.7 Å². The molecule has 0 saturated heterocycles. The number of rotatable bonds is 4. The lowest BCUT2D eigenvalue weighted by atomic mass is 9.71. The smallest absolute Gasteiger partial charge is 0.339 e. The number of para-hydroxylation sites is 1. The summed E-state index contributed by atoms with van der Waals surface area (Å²) in [5, 5.41) is 3.38. The van der Waals surface area contributed by atoms with Crippen LogP contribution in [0.2, 0.25) is 0 Å². The molecule has 0 amide bonds. The zero-order chi connectivity index (χ0) is 23.2. The largest absolute Gasteiger partial charge is 0.379 e. The van der Waals surface area contributed by atoms with Crippen LogP contribution < -0.4 is 9.50 Å². The second kappa shape index (κ2) is 8.30. The van der Waals surface area contributed by atoms with Gasteiger partial charge < -0.3 is 9.50 Å². The van der Waals surface area contributed by atoms with Crippen molar-refractivity contribution in [2.45, 2.75) is 56.3 Å². The fourth-order valence-corrected chi connectivity index (χ4v) is 5.91. The van der Waals surface area contributed by atoms with Gasteiger partial charge in [-0.3, -0.25) is 9.59 Å². The molecule has 1 heterocycles. The highest BCUT2D eigenvalue weighted by Gasteiger charge is 2.41. The number of allylic oxidation sites excluding steroid dienone is 4. The van der Waals surface area contributed by atoms with E-state index in [9.17, 15) is 18.0 Å². The van der Waals surface area contributed by atoms with E-state index in [0.29, 0.717) is 29.6 Å². The Labute approximate surface area is 193 Å². The molecule has 2 aromatic rings. The summed E-state index contributed by atoms with van der Waals surface area (Å²) in [5.41, 5.74) is 4.30. The number of dihydropyridines is 1. The van der Waals surface area contributed by atoms with Crippen molar-refractivity contribution in [1.82, 2.24) is 5.32 Å². The van der Waals surface area contributed by atoms with Crippen molar-refractivity contribution >= 4 is 21.7 Å². The molecule has 1 N–H and O–H groups in total. The van der Waals surface area contributed by atoms with Crippen LogP contribution in [0.25, 0.3) is 0 Å². The first-order chi connectivity index (χ1) is 15.8. The van der Waals surface area contributed by atoms with Crippen LogP contribution in [0.1, 0.15) is 55.6 Å². The lowest BCUT2D eigenvalue weighted by Crippen LogP contribution is -2.36. The van der Waals surface area contributed by atoms with Gasteiger partial charge in [0.15, 0.2) is 11.6 Å². The highest BCUT2D eigenvalue weighted by Crippen LogP contribution is 2.47. The summed E-state index contributed by atoms with van der Waals surface area (Å²) >= 11 is 0. The summed E-state index contributed by atoms with van der Waals surface area (Å²) in [7, 11) is -4.09. The number of aryl methyl sites for hydroxylation is 1. The Morgan fingerprint density at radius 2 is 1.39 bits per heavy atom. The Bertz CT molecular complexity index is 1280. The summed E-state index contributed by atoms with van der Waals surface area (Å²) in [4.78, 5) is 26.2. The van der Waals surface area contributed by atoms with Crippen LogP contribution in [0, 0.1) is 6.92 Å². The fourth-order valence-electron chi connectivity index (χ4n) is 4.96. The van der Waals surface area contributed by atoms with Crippen molar-refractivity contribution in [1.29, 1.82) is 0 Å². The summed E-state index contributed by atoms with van der Waals surface area (Å²) in [6.45, 7) is 1.88. The van der Waals surface area contributed by atoms with Crippen LogP contribution in [-0.4, -0.2) is 20.0 Å². The molecule has 0 unspecified atom stereocenters. The minimum absolute atomic E-state index is 0.00475. The highest BCUT2D eigenvalue weighted by atomic mass is 32.2. The second-order valence-electron chi connectivity index (χ2n) is 8.78. The Kier molecular flexibility index (Phi) is 5.44. The average Bonchev–Trinajstić information content (AvgIpc) is 2.79. The third-order valence-electron chi connectivity index (χ3n) is 6.53. The number of hydrogen-bond donors (Lipinski definition) is 1. The van der Waals surface area contributed by atoms with Crippen molar-refractivity contribution in [3.8, 4) is 5.75 Å². The molecule has 0 fully saturated rings. The zero-order valence-corrected chi connectivity index (χ0v) is 19.2. The minimum atomic E-state index is -4.09. The molecule has 0 atom stereocenters. The van der Waals surface area contributed by atoms with Gasteiger partial charge >= 0.3 is 10.1 Å². The normalized spacial score (nSPS) is 19.2. The monoisotopic (exact) mass is 463 g/mol. The van der Waals surface area contributed by atoms with Crippen LogP contribution >= 0.6 is 0 Å². The summed E-state index contributed by atoms with van der Waals surface area (Å²) in [6.07, 6.45) is 3.80. The molecule has 0 aromatic heterocycles. The lowest BCUT2D eigenvalue weighted by molar-refractivity contribution is -0.116. The van der Waals surface area contributed by atoms with Crippen molar-refractivity contribution in [3.05, 3.63) is 82.2 Å². The molecular weight excluding hydrogens is 438 g/mol. The first kappa shape index (κ1) is 21.6. The molecule has 1 aliphatic heterocycles. The van der Waals surface area contributed by atoms with Gasteiger partial charge in [0.2, 0.25) is 0 Å². The molecule has 0 bridgehead atoms. The van der Waals surface area contributed by atoms with Gasteiger partial charge in [-0.1, -0.05) is 35.9 Å². The first-order valence-corrected chi connectivity index (χ1v) is 12.7. The van der Waals surface area contributed by atoms with Gasteiger partial charge in [-0.05, 0) is 50.8 Å². The molecule has 5 rings (SSSR count). The summed E-state index contributed by atoms with van der Waals surface area (Å²) in [5.74, 6) is -0.494. The fraction of sp³-hybridized carbons (Fsp3) is 0.308. The molecule has 3 aliphatic rings. The quantitative estimate of drug-likeness (QED) is 0.673. The van der Waals surface area contributed by atoms with E-state index in [4.69, 9.17) is 4.18 Å². The number of benzene rings is 2. The molecule has 0 saturated carbocycles. The van der Waals surface area contributed by atoms with Gasteiger partial charge in [0.1, 0.15) is 10.6 Å². The van der Waals surface area contributed by atoms with E-state index in [1.165, 1.54) is 12.1 Å². The zero-order valence-electron chi connectivity index (χ0n) is 18.4. The van der Waals surface area contributed by atoms with Crippen LogP contribution in [0.5, 0.6) is 5.75 Å². The summed E-state index contributed by atoms with van der Waals surface area (Å²) < 4.78 is 31.7. The van der Waals surface area contributed by atoms with Gasteiger partial charge in [-0.2, -0.15) is 8.42 Å². The molecule has 6 nitrogen and oxygen atoms in total. The van der Waals surface area contributed by atoms with Crippen molar-refractivity contribution in [2.24, 2.45) is 0 Å². The third kappa shape index (κ3) is 3.91. The van der Waals surface area contributed by atoms with E-state index in [1.54, 1.807) is 36.4 Å². The van der Waals surface area contributed by atoms with E-state index < -0.39 is 16.0 Å². The highest BCUT2D eigenvalue weighted by molar-refractivity contribution is 7.87. The number of hydrogen-bond acceptors (Lipinski definition) is 6. The van der Waals surface area contributed by atoms with Crippen molar-refractivity contribution in [2.75, 3.05) is 0 Å². The second-order valence-corrected chi connectivity index (χ2v) is 10.3. The van der Waals surface area contributed by atoms with Gasteiger partial charge in [-0.15, -0.1) is 0 Å². The molecular formula is C26H25NO5S. The Hall–Kier alpha value is -3.19. The molecule has 7 heteroatoms. The number of carbonyl (C=O) groups is 2. The average molecular weight is 464 g/mol. The predicted octanol–water partition coefficient (Wildman–Crippen LogP) is 4.46. The summed E-state index contributed by atoms with van der Waals surface area (Å²) in [6, 6.07) is 13.3. The third-order valence-corrected chi connectivity index (χ3v) is 7.78. The molecule has 0 spiro atoms. The van der Waals surface area contributed by atoms with E-state index in [2.05, 4.69) is 5.32 Å². The number of ketones is 2. The van der Waals surface area contributed by atoms with Crippen molar-refractivity contribution < 1.29 is 22.2 Å². The molecule has 33 heavy (non-hydrogen) atoms. The maximum absolute atomic E-state index is 13.1. The van der Waals surface area contributed by atoms with Crippen molar-refractivity contribution in [3.63, 3.8) is 0 Å². The molecule has 0 radical (unpaired) electrons. The maximum atomic E-state index is 13.1. The minimum Gasteiger partial charge on any atom is -0.379 e. The lowest BCUT2D eigenvalue weighted by Gasteiger charge is -2.37. The van der Waals surface area contributed by atoms with E-state index in [1.807, 2.05) is 6.92 Å². The molecule has 2 aromatic carbocycles. The van der Waals surface area contributed by atoms with Gasteiger partial charge in [0.05, 0.1) is 0 Å². The van der Waals surface area contributed by atoms with Gasteiger partial charge in [0.25, 0.3) is 0 Å². The van der Waals surface area contributed by atoms with Crippen LogP contribution in [0.4, 0.5) is 0 Å². The first-order valence-electron chi connectivity index (χ1n) is 11.2. The van der Waals surface area contributed by atoms with Crippen LogP contribution in [0.3, 0.4) is 0 Å². The number of carbonyl (C=O) groups excluding carboxylic acids is 2. The number of nitrogens with one attached hydrogen (secondary N) is 1. The van der Waals surface area contributed by atoms with E-state index in [0.717, 1.165) is 42.6 Å². The number of Topliss-reactive ketones (excluding diaryl/α,β-unsaturated/α-hetero) is 2. The van der Waals surface area contributed by atoms with E-state index >= 15 is 0 Å². The Morgan fingerprint density at radius 3 is 2.00 bits per heavy atom. The Balaban J connectivity index is 1.63. The van der Waals surface area contributed by atoms with Gasteiger partial charge in [-0.25, -0.2) is 0 Å². The molecule has 2 aliphatic carbocycles.